The molecule has 0 aliphatic rings. The van der Waals surface area contributed by atoms with E-state index in [1.165, 1.54) is 7.11 Å². The number of aromatic nitrogens is 2. The minimum atomic E-state index is -0.373. The predicted molar refractivity (Wildman–Crippen MR) is 66.3 cm³/mol. The van der Waals surface area contributed by atoms with Crippen molar-refractivity contribution in [3.8, 4) is 0 Å². The van der Waals surface area contributed by atoms with Gasteiger partial charge in [0.2, 0.25) is 0 Å². The fourth-order valence-electron chi connectivity index (χ4n) is 1.77. The van der Waals surface area contributed by atoms with E-state index < -0.39 is 0 Å². The van der Waals surface area contributed by atoms with E-state index in [1.807, 2.05) is 17.7 Å². The van der Waals surface area contributed by atoms with Crippen molar-refractivity contribution in [2.45, 2.75) is 12.8 Å². The van der Waals surface area contributed by atoms with Crippen LogP contribution in [0, 0.1) is 0 Å². The van der Waals surface area contributed by atoms with E-state index in [1.54, 1.807) is 18.5 Å². The van der Waals surface area contributed by atoms with Crippen molar-refractivity contribution in [2.24, 2.45) is 7.05 Å². The summed E-state index contributed by atoms with van der Waals surface area (Å²) in [5.74, 6) is -0.449. The number of ether oxygens (including phenoxy) is 1. The van der Waals surface area contributed by atoms with Gasteiger partial charge in [-0.2, -0.15) is 0 Å². The number of Topliss-reactive ketones (excluding diaryl/α,β-unsaturated/α-hetero) is 1. The summed E-state index contributed by atoms with van der Waals surface area (Å²) in [5, 5.41) is 0. The average molecular weight is 246 g/mol. The highest BCUT2D eigenvalue weighted by molar-refractivity contribution is 6.00. The zero-order valence-corrected chi connectivity index (χ0v) is 10.3. The number of imidazole rings is 1. The van der Waals surface area contributed by atoms with Gasteiger partial charge in [0.05, 0.1) is 30.9 Å². The summed E-state index contributed by atoms with van der Waals surface area (Å²) in [4.78, 5) is 27.0. The first-order valence-electron chi connectivity index (χ1n) is 5.63. The van der Waals surface area contributed by atoms with Gasteiger partial charge in [-0.05, 0) is 18.2 Å². The summed E-state index contributed by atoms with van der Waals surface area (Å²) in [6.45, 7) is 0. The number of benzene rings is 1. The largest absolute Gasteiger partial charge is 0.469 e. The molecular formula is C13H14N2O3. The van der Waals surface area contributed by atoms with E-state index in [0.29, 0.717) is 5.56 Å². The molecule has 0 aliphatic heterocycles. The summed E-state index contributed by atoms with van der Waals surface area (Å²) >= 11 is 0. The van der Waals surface area contributed by atoms with Crippen LogP contribution in [0.1, 0.15) is 23.2 Å². The van der Waals surface area contributed by atoms with Crippen LogP contribution in [0.4, 0.5) is 0 Å². The fraction of sp³-hybridized carbons (Fsp3) is 0.308. The van der Waals surface area contributed by atoms with Crippen molar-refractivity contribution in [1.29, 1.82) is 0 Å². The van der Waals surface area contributed by atoms with Crippen LogP contribution in [0.5, 0.6) is 0 Å². The van der Waals surface area contributed by atoms with Gasteiger partial charge in [-0.25, -0.2) is 4.98 Å². The van der Waals surface area contributed by atoms with Crippen LogP contribution in [0.2, 0.25) is 0 Å². The Morgan fingerprint density at radius 1 is 1.33 bits per heavy atom. The Morgan fingerprint density at radius 3 is 2.83 bits per heavy atom. The van der Waals surface area contributed by atoms with E-state index >= 15 is 0 Å². The lowest BCUT2D eigenvalue weighted by Gasteiger charge is -2.01. The summed E-state index contributed by atoms with van der Waals surface area (Å²) in [7, 11) is 3.21. The molecule has 0 atom stereocenters. The molecule has 2 aromatic rings. The monoisotopic (exact) mass is 246 g/mol. The fourth-order valence-corrected chi connectivity index (χ4v) is 1.77. The number of hydrogen-bond donors (Lipinski definition) is 0. The molecule has 0 saturated carbocycles. The highest BCUT2D eigenvalue weighted by Crippen LogP contribution is 2.15. The van der Waals surface area contributed by atoms with Crippen molar-refractivity contribution in [3.05, 3.63) is 30.1 Å². The van der Waals surface area contributed by atoms with Gasteiger partial charge < -0.3 is 9.30 Å². The Balaban J connectivity index is 2.15. The average Bonchev–Trinajstić information content (AvgIpc) is 2.76. The number of methoxy groups -OCH3 is 1. The summed E-state index contributed by atoms with van der Waals surface area (Å²) < 4.78 is 6.39. The number of hydrogen-bond acceptors (Lipinski definition) is 4. The number of carbonyl (C=O) groups is 2. The molecule has 0 bridgehead atoms. The van der Waals surface area contributed by atoms with E-state index in [4.69, 9.17) is 0 Å². The van der Waals surface area contributed by atoms with Crippen LogP contribution in [0.3, 0.4) is 0 Å². The zero-order chi connectivity index (χ0) is 13.1. The number of carbonyl (C=O) groups excluding carboxylic acids is 2. The maximum absolute atomic E-state index is 11.9. The molecular weight excluding hydrogens is 232 g/mol. The normalized spacial score (nSPS) is 10.6. The molecule has 0 spiro atoms. The third-order valence-corrected chi connectivity index (χ3v) is 2.83. The van der Waals surface area contributed by atoms with E-state index in [2.05, 4.69) is 9.72 Å². The third-order valence-electron chi connectivity index (χ3n) is 2.83. The summed E-state index contributed by atoms with van der Waals surface area (Å²) in [6, 6.07) is 5.35. The highest BCUT2D eigenvalue weighted by atomic mass is 16.5. The lowest BCUT2D eigenvalue weighted by Crippen LogP contribution is -2.06. The van der Waals surface area contributed by atoms with Crippen LogP contribution in [-0.4, -0.2) is 28.4 Å². The van der Waals surface area contributed by atoms with E-state index in [9.17, 15) is 9.59 Å². The number of aryl methyl sites for hydroxylation is 1. The molecule has 18 heavy (non-hydrogen) atoms. The Bertz CT molecular complexity index is 601. The van der Waals surface area contributed by atoms with Gasteiger partial charge in [0.25, 0.3) is 0 Å². The molecule has 1 heterocycles. The topological polar surface area (TPSA) is 61.2 Å². The molecule has 1 aromatic carbocycles. The second-order valence-electron chi connectivity index (χ2n) is 4.06. The van der Waals surface area contributed by atoms with Crippen LogP contribution in [-0.2, 0) is 16.6 Å². The Hall–Kier alpha value is -2.17. The maximum Gasteiger partial charge on any atom is 0.305 e. The first-order chi connectivity index (χ1) is 8.61. The maximum atomic E-state index is 11.9. The van der Waals surface area contributed by atoms with Gasteiger partial charge >= 0.3 is 5.97 Å². The van der Waals surface area contributed by atoms with Crippen molar-refractivity contribution >= 4 is 22.8 Å². The Morgan fingerprint density at radius 2 is 2.11 bits per heavy atom. The van der Waals surface area contributed by atoms with Gasteiger partial charge in [0.1, 0.15) is 0 Å². The van der Waals surface area contributed by atoms with Crippen molar-refractivity contribution < 1.29 is 14.3 Å². The molecule has 5 heteroatoms. The molecule has 0 radical (unpaired) electrons. The standard InChI is InChI=1S/C13H14N2O3/c1-15-8-14-10-7-9(3-4-11(10)15)12(16)5-6-13(17)18-2/h3-4,7-8H,5-6H2,1-2H3. The van der Waals surface area contributed by atoms with Crippen LogP contribution >= 0.6 is 0 Å². The van der Waals surface area contributed by atoms with Crippen molar-refractivity contribution in [1.82, 2.24) is 9.55 Å². The number of rotatable bonds is 4. The molecule has 0 aliphatic carbocycles. The molecule has 1 aromatic heterocycles. The summed E-state index contributed by atoms with van der Waals surface area (Å²) in [5.41, 5.74) is 2.33. The molecule has 0 saturated heterocycles. The van der Waals surface area contributed by atoms with Gasteiger partial charge in [0.15, 0.2) is 5.78 Å². The first-order valence-corrected chi connectivity index (χ1v) is 5.63. The van der Waals surface area contributed by atoms with E-state index in [0.717, 1.165) is 11.0 Å². The van der Waals surface area contributed by atoms with Crippen LogP contribution < -0.4 is 0 Å². The quantitative estimate of drug-likeness (QED) is 0.608. The van der Waals surface area contributed by atoms with Gasteiger partial charge in [-0.1, -0.05) is 0 Å². The van der Waals surface area contributed by atoms with Gasteiger partial charge in [-0.3, -0.25) is 9.59 Å². The second-order valence-corrected chi connectivity index (χ2v) is 4.06. The van der Waals surface area contributed by atoms with Gasteiger partial charge in [0, 0.05) is 19.0 Å². The predicted octanol–water partition coefficient (Wildman–Crippen LogP) is 1.71. The molecule has 0 unspecified atom stereocenters. The molecule has 94 valence electrons. The lowest BCUT2D eigenvalue weighted by molar-refractivity contribution is -0.140. The molecule has 5 nitrogen and oxygen atoms in total. The minimum absolute atomic E-state index is 0.0760. The van der Waals surface area contributed by atoms with Crippen LogP contribution in [0.15, 0.2) is 24.5 Å². The van der Waals surface area contributed by atoms with Crippen LogP contribution in [0.25, 0.3) is 11.0 Å². The molecule has 2 rings (SSSR count). The number of ketones is 1. The van der Waals surface area contributed by atoms with E-state index in [-0.39, 0.29) is 24.6 Å². The highest BCUT2D eigenvalue weighted by Gasteiger charge is 2.11. The van der Waals surface area contributed by atoms with Crippen molar-refractivity contribution in [3.63, 3.8) is 0 Å². The lowest BCUT2D eigenvalue weighted by atomic mass is 10.1. The third kappa shape index (κ3) is 2.40. The zero-order valence-electron chi connectivity index (χ0n) is 10.3. The molecule has 0 N–H and O–H groups in total. The minimum Gasteiger partial charge on any atom is -0.469 e. The number of nitrogens with zero attached hydrogens (tertiary/aromatic N) is 2. The smallest absolute Gasteiger partial charge is 0.305 e. The van der Waals surface area contributed by atoms with Gasteiger partial charge in [-0.15, -0.1) is 0 Å². The Labute approximate surface area is 104 Å². The number of esters is 1. The SMILES string of the molecule is COC(=O)CCC(=O)c1ccc2c(c1)ncn2C. The second kappa shape index (κ2) is 5.00. The Kier molecular flexibility index (Phi) is 3.41. The summed E-state index contributed by atoms with van der Waals surface area (Å²) in [6.07, 6.45) is 1.97. The molecule has 0 fully saturated rings. The number of fused-ring (bicyclic) bond motifs is 1. The first kappa shape index (κ1) is 12.3. The van der Waals surface area contributed by atoms with Crippen molar-refractivity contribution in [2.75, 3.05) is 7.11 Å². The molecule has 0 amide bonds.